The molecule has 0 saturated carbocycles. The molecule has 2 aromatic rings. The van der Waals surface area contributed by atoms with Gasteiger partial charge in [0.05, 0.1) is 17.7 Å². The lowest BCUT2D eigenvalue weighted by molar-refractivity contribution is -0.121. The van der Waals surface area contributed by atoms with Gasteiger partial charge in [0.2, 0.25) is 5.91 Å². The largest absolute Gasteiger partial charge is 0.399 e. The molecule has 4 nitrogen and oxygen atoms in total. The number of carbonyl (C=O) groups excluding carboxylic acids is 1. The Balaban J connectivity index is 1.75. The SMILES string of the molecule is Nc1cccc(CCC(=O)NCc2cscn2)c1. The van der Waals surface area contributed by atoms with Crippen LogP contribution in [0, 0.1) is 0 Å². The average molecular weight is 261 g/mol. The Hall–Kier alpha value is -1.88. The molecule has 1 aromatic heterocycles. The molecule has 0 unspecified atom stereocenters. The zero-order valence-electron chi connectivity index (χ0n) is 9.93. The maximum atomic E-state index is 11.6. The van der Waals surface area contributed by atoms with E-state index in [-0.39, 0.29) is 5.91 Å². The van der Waals surface area contributed by atoms with Crippen LogP contribution in [0.25, 0.3) is 0 Å². The van der Waals surface area contributed by atoms with Gasteiger partial charge in [0.25, 0.3) is 0 Å². The molecule has 1 amide bonds. The molecular formula is C13H15N3OS. The molecule has 0 aliphatic rings. The molecule has 0 saturated heterocycles. The number of nitrogens with two attached hydrogens (primary N) is 1. The number of rotatable bonds is 5. The summed E-state index contributed by atoms with van der Waals surface area (Å²) in [5.74, 6) is 0.0328. The third-order valence-electron chi connectivity index (χ3n) is 2.54. The standard InChI is InChI=1S/C13H15N3OS/c14-11-3-1-2-10(6-11)4-5-13(17)15-7-12-8-18-9-16-12/h1-3,6,8-9H,4-5,7,14H2,(H,15,17). The van der Waals surface area contributed by atoms with E-state index in [0.717, 1.165) is 16.9 Å². The van der Waals surface area contributed by atoms with Crippen molar-refractivity contribution in [2.24, 2.45) is 0 Å². The Labute approximate surface area is 110 Å². The Morgan fingerprint density at radius 1 is 1.44 bits per heavy atom. The van der Waals surface area contributed by atoms with E-state index in [1.807, 2.05) is 29.6 Å². The van der Waals surface area contributed by atoms with E-state index < -0.39 is 0 Å². The van der Waals surface area contributed by atoms with E-state index in [2.05, 4.69) is 10.3 Å². The van der Waals surface area contributed by atoms with E-state index in [4.69, 9.17) is 5.73 Å². The summed E-state index contributed by atoms with van der Waals surface area (Å²) in [6, 6.07) is 7.61. The molecule has 94 valence electrons. The van der Waals surface area contributed by atoms with Crippen molar-refractivity contribution in [1.82, 2.24) is 10.3 Å². The fourth-order valence-corrected chi connectivity index (χ4v) is 2.17. The van der Waals surface area contributed by atoms with Crippen molar-refractivity contribution in [1.29, 1.82) is 0 Å². The summed E-state index contributed by atoms with van der Waals surface area (Å²) >= 11 is 1.53. The van der Waals surface area contributed by atoms with E-state index in [1.165, 1.54) is 11.3 Å². The average Bonchev–Trinajstić information content (AvgIpc) is 2.87. The van der Waals surface area contributed by atoms with Crippen molar-refractivity contribution in [2.75, 3.05) is 5.73 Å². The molecule has 5 heteroatoms. The molecule has 0 fully saturated rings. The molecule has 0 aliphatic heterocycles. The molecule has 0 bridgehead atoms. The smallest absolute Gasteiger partial charge is 0.220 e. The zero-order valence-corrected chi connectivity index (χ0v) is 10.7. The minimum absolute atomic E-state index is 0.0328. The molecule has 18 heavy (non-hydrogen) atoms. The fourth-order valence-electron chi connectivity index (χ4n) is 1.61. The van der Waals surface area contributed by atoms with Crippen LogP contribution in [0.2, 0.25) is 0 Å². The Bertz CT molecular complexity index is 511. The van der Waals surface area contributed by atoms with Crippen LogP contribution < -0.4 is 11.1 Å². The molecule has 1 aromatic carbocycles. The lowest BCUT2D eigenvalue weighted by Crippen LogP contribution is -2.23. The number of hydrogen-bond donors (Lipinski definition) is 2. The maximum Gasteiger partial charge on any atom is 0.220 e. The highest BCUT2D eigenvalue weighted by Crippen LogP contribution is 2.08. The summed E-state index contributed by atoms with van der Waals surface area (Å²) in [7, 11) is 0. The van der Waals surface area contributed by atoms with Gasteiger partial charge >= 0.3 is 0 Å². The van der Waals surface area contributed by atoms with Crippen LogP contribution in [0.15, 0.2) is 35.2 Å². The first-order chi connectivity index (χ1) is 8.74. The highest BCUT2D eigenvalue weighted by molar-refractivity contribution is 7.07. The van der Waals surface area contributed by atoms with Gasteiger partial charge in [-0.05, 0) is 24.1 Å². The topological polar surface area (TPSA) is 68.0 Å². The molecule has 0 spiro atoms. The summed E-state index contributed by atoms with van der Waals surface area (Å²) in [6.07, 6.45) is 1.17. The summed E-state index contributed by atoms with van der Waals surface area (Å²) < 4.78 is 0. The van der Waals surface area contributed by atoms with E-state index in [9.17, 15) is 4.79 Å². The number of thiazole rings is 1. The molecule has 3 N–H and O–H groups in total. The quantitative estimate of drug-likeness (QED) is 0.809. The van der Waals surface area contributed by atoms with Crippen LogP contribution in [0.1, 0.15) is 17.7 Å². The van der Waals surface area contributed by atoms with Gasteiger partial charge in [-0.15, -0.1) is 11.3 Å². The fraction of sp³-hybridized carbons (Fsp3) is 0.231. The number of nitrogen functional groups attached to an aromatic ring is 1. The van der Waals surface area contributed by atoms with Crippen molar-refractivity contribution in [3.05, 3.63) is 46.4 Å². The predicted octanol–water partition coefficient (Wildman–Crippen LogP) is 1.97. The van der Waals surface area contributed by atoms with Gasteiger partial charge in [0.1, 0.15) is 0 Å². The van der Waals surface area contributed by atoms with Crippen LogP contribution in [0.3, 0.4) is 0 Å². The van der Waals surface area contributed by atoms with Crippen LogP contribution in [-0.2, 0) is 17.8 Å². The molecule has 0 atom stereocenters. The van der Waals surface area contributed by atoms with Crippen LogP contribution in [0.4, 0.5) is 5.69 Å². The summed E-state index contributed by atoms with van der Waals surface area (Å²) in [5.41, 5.74) is 10.2. The molecule has 0 radical (unpaired) electrons. The lowest BCUT2D eigenvalue weighted by atomic mass is 10.1. The second-order valence-electron chi connectivity index (χ2n) is 4.00. The number of aromatic nitrogens is 1. The number of aryl methyl sites for hydroxylation is 1. The Morgan fingerprint density at radius 3 is 3.06 bits per heavy atom. The minimum atomic E-state index is 0.0328. The maximum absolute atomic E-state index is 11.6. The van der Waals surface area contributed by atoms with Crippen molar-refractivity contribution in [2.45, 2.75) is 19.4 Å². The normalized spacial score (nSPS) is 10.2. The van der Waals surface area contributed by atoms with Crippen molar-refractivity contribution in [3.8, 4) is 0 Å². The van der Waals surface area contributed by atoms with E-state index >= 15 is 0 Å². The summed E-state index contributed by atoms with van der Waals surface area (Å²) in [5, 5.41) is 4.77. The second kappa shape index (κ2) is 6.16. The van der Waals surface area contributed by atoms with Crippen LogP contribution in [0.5, 0.6) is 0 Å². The van der Waals surface area contributed by atoms with Gasteiger partial charge in [-0.1, -0.05) is 12.1 Å². The monoisotopic (exact) mass is 261 g/mol. The van der Waals surface area contributed by atoms with Gasteiger partial charge in [0, 0.05) is 17.5 Å². The van der Waals surface area contributed by atoms with Gasteiger partial charge in [-0.3, -0.25) is 4.79 Å². The number of anilines is 1. The molecule has 1 heterocycles. The first-order valence-electron chi connectivity index (χ1n) is 5.72. The number of nitrogens with one attached hydrogen (secondary N) is 1. The lowest BCUT2D eigenvalue weighted by Gasteiger charge is -2.04. The van der Waals surface area contributed by atoms with Gasteiger partial charge in [0.15, 0.2) is 0 Å². The minimum Gasteiger partial charge on any atom is -0.399 e. The molecular weight excluding hydrogens is 246 g/mol. The van der Waals surface area contributed by atoms with Crippen molar-refractivity contribution in [3.63, 3.8) is 0 Å². The number of hydrogen-bond acceptors (Lipinski definition) is 4. The predicted molar refractivity (Wildman–Crippen MR) is 73.1 cm³/mol. The highest BCUT2D eigenvalue weighted by atomic mass is 32.1. The Kier molecular flexibility index (Phi) is 4.30. The third-order valence-corrected chi connectivity index (χ3v) is 3.18. The van der Waals surface area contributed by atoms with Crippen LogP contribution in [-0.4, -0.2) is 10.9 Å². The van der Waals surface area contributed by atoms with Crippen molar-refractivity contribution < 1.29 is 4.79 Å². The zero-order chi connectivity index (χ0) is 12.8. The third kappa shape index (κ3) is 3.85. The summed E-state index contributed by atoms with van der Waals surface area (Å²) in [4.78, 5) is 15.7. The van der Waals surface area contributed by atoms with Gasteiger partial charge < -0.3 is 11.1 Å². The highest BCUT2D eigenvalue weighted by Gasteiger charge is 2.03. The Morgan fingerprint density at radius 2 is 2.33 bits per heavy atom. The molecule has 2 rings (SSSR count). The first-order valence-corrected chi connectivity index (χ1v) is 6.66. The van der Waals surface area contributed by atoms with Crippen LogP contribution >= 0.6 is 11.3 Å². The van der Waals surface area contributed by atoms with Crippen molar-refractivity contribution >= 4 is 22.9 Å². The number of carbonyl (C=O) groups is 1. The number of benzene rings is 1. The number of nitrogens with zero attached hydrogens (tertiary/aromatic N) is 1. The van der Waals surface area contributed by atoms with Gasteiger partial charge in [-0.25, -0.2) is 4.98 Å². The summed E-state index contributed by atoms with van der Waals surface area (Å²) in [6.45, 7) is 0.499. The number of amides is 1. The second-order valence-corrected chi connectivity index (χ2v) is 4.72. The van der Waals surface area contributed by atoms with E-state index in [0.29, 0.717) is 19.4 Å². The molecule has 0 aliphatic carbocycles. The van der Waals surface area contributed by atoms with E-state index in [1.54, 1.807) is 5.51 Å². The first kappa shape index (κ1) is 12.6. The van der Waals surface area contributed by atoms with Gasteiger partial charge in [-0.2, -0.15) is 0 Å².